The van der Waals surface area contributed by atoms with Gasteiger partial charge < -0.3 is 10.2 Å². The zero-order valence-electron chi connectivity index (χ0n) is 22.3. The van der Waals surface area contributed by atoms with Gasteiger partial charge in [0.15, 0.2) is 0 Å². The number of hydrogen-bond acceptors (Lipinski definition) is 2. The van der Waals surface area contributed by atoms with Gasteiger partial charge in [-0.2, -0.15) is 0 Å². The number of carboxylic acids is 1. The van der Waals surface area contributed by atoms with Gasteiger partial charge in [-0.3, -0.25) is 4.79 Å². The third kappa shape index (κ3) is 2.77. The van der Waals surface area contributed by atoms with E-state index in [1.807, 2.05) is 6.08 Å². The average Bonchev–Trinajstić information content (AvgIpc) is 3.18. The summed E-state index contributed by atoms with van der Waals surface area (Å²) in [6, 6.07) is 0. The molecule has 0 amide bonds. The van der Waals surface area contributed by atoms with Crippen LogP contribution in [0.15, 0.2) is 24.8 Å². The molecule has 3 nitrogen and oxygen atoms in total. The van der Waals surface area contributed by atoms with Gasteiger partial charge >= 0.3 is 5.97 Å². The summed E-state index contributed by atoms with van der Waals surface area (Å²) in [5.74, 6) is 1.52. The Morgan fingerprint density at radius 3 is 2.21 bits per heavy atom. The minimum Gasteiger partial charge on any atom is -0.481 e. The average molecular weight is 469 g/mol. The number of fused-ring (bicyclic) bond motifs is 7. The van der Waals surface area contributed by atoms with E-state index in [4.69, 9.17) is 0 Å². The van der Waals surface area contributed by atoms with E-state index in [2.05, 4.69) is 47.8 Å². The highest BCUT2D eigenvalue weighted by Gasteiger charge is 2.72. The SMILES string of the molecule is C=CC(=C)[C@@H]1CC[C@]2(C(=O)O)CC[C@]3(C)[C@H](CC[C@@H]4[C@@]5(C)CC[C@H](O)C(C)(C)[C@@H]5CC[C@]43C)[C@@H]12. The predicted octanol–water partition coefficient (Wildman–Crippen LogP) is 7.26. The summed E-state index contributed by atoms with van der Waals surface area (Å²) in [6.07, 6.45) is 12.1. The second kappa shape index (κ2) is 7.46. The van der Waals surface area contributed by atoms with Gasteiger partial charge in [0, 0.05) is 0 Å². The molecule has 0 heterocycles. The molecule has 0 aromatic carbocycles. The van der Waals surface area contributed by atoms with Gasteiger partial charge in [-0.25, -0.2) is 0 Å². The maximum Gasteiger partial charge on any atom is 0.309 e. The molecule has 5 fully saturated rings. The van der Waals surface area contributed by atoms with Crippen LogP contribution in [0, 0.1) is 56.7 Å². The Kier molecular flexibility index (Phi) is 5.40. The van der Waals surface area contributed by atoms with Crippen molar-refractivity contribution >= 4 is 5.97 Å². The number of hydrogen-bond donors (Lipinski definition) is 2. The quantitative estimate of drug-likeness (QED) is 0.429. The maximum absolute atomic E-state index is 12.8. The first-order valence-electron chi connectivity index (χ1n) is 14.0. The molecular weight excluding hydrogens is 420 g/mol. The minimum absolute atomic E-state index is 0.0324. The molecule has 5 saturated carbocycles. The highest BCUT2D eigenvalue weighted by molar-refractivity contribution is 5.76. The molecule has 0 spiro atoms. The van der Waals surface area contributed by atoms with Crippen LogP contribution >= 0.6 is 0 Å². The maximum atomic E-state index is 12.8. The lowest BCUT2D eigenvalue weighted by Gasteiger charge is -2.72. The molecule has 0 saturated heterocycles. The minimum atomic E-state index is -0.581. The number of allylic oxidation sites excluding steroid dienone is 2. The Balaban J connectivity index is 1.57. The van der Waals surface area contributed by atoms with Gasteiger partial charge in [-0.05, 0) is 115 Å². The first kappa shape index (κ1) is 24.6. The van der Waals surface area contributed by atoms with Crippen LogP contribution in [0.4, 0.5) is 0 Å². The standard InChI is InChI=1S/C31H48O3/c1-8-19(2)20-11-16-31(26(33)34)18-17-29(6)21(25(20)31)9-10-23-28(5)14-13-24(32)27(3,4)22(28)12-15-30(23,29)7/h8,20-25,32H,1-2,9-18H2,3-7H3,(H,33,34)/t20-,21+,22-,23+,24-,25+,28-,29+,30+,31-/m0/s1. The highest BCUT2D eigenvalue weighted by atomic mass is 16.4. The van der Waals surface area contributed by atoms with Gasteiger partial charge in [0.25, 0.3) is 0 Å². The molecule has 0 aliphatic heterocycles. The zero-order chi connectivity index (χ0) is 24.9. The molecule has 0 aromatic rings. The van der Waals surface area contributed by atoms with Crippen molar-refractivity contribution in [1.82, 2.24) is 0 Å². The second-order valence-electron chi connectivity index (χ2n) is 14.5. The molecular formula is C31H48O3. The predicted molar refractivity (Wildman–Crippen MR) is 137 cm³/mol. The summed E-state index contributed by atoms with van der Waals surface area (Å²) in [6.45, 7) is 20.7. The molecule has 0 radical (unpaired) electrons. The summed E-state index contributed by atoms with van der Waals surface area (Å²) in [4.78, 5) is 12.8. The fourth-order valence-corrected chi connectivity index (χ4v) is 11.5. The van der Waals surface area contributed by atoms with E-state index in [1.165, 1.54) is 19.3 Å². The topological polar surface area (TPSA) is 57.5 Å². The monoisotopic (exact) mass is 468 g/mol. The van der Waals surface area contributed by atoms with Crippen molar-refractivity contribution in [1.29, 1.82) is 0 Å². The molecule has 5 rings (SSSR count). The molecule has 34 heavy (non-hydrogen) atoms. The molecule has 0 bridgehead atoms. The Morgan fingerprint density at radius 2 is 1.56 bits per heavy atom. The summed E-state index contributed by atoms with van der Waals surface area (Å²) >= 11 is 0. The summed E-state index contributed by atoms with van der Waals surface area (Å²) in [5.41, 5.74) is 1.07. The van der Waals surface area contributed by atoms with Gasteiger partial charge in [0.1, 0.15) is 0 Å². The molecule has 0 aromatic heterocycles. The number of carbonyl (C=O) groups is 1. The van der Waals surface area contributed by atoms with Crippen LogP contribution < -0.4 is 0 Å². The molecule has 10 atom stereocenters. The van der Waals surface area contributed by atoms with Crippen molar-refractivity contribution in [3.8, 4) is 0 Å². The van der Waals surface area contributed by atoms with Crippen molar-refractivity contribution in [2.24, 2.45) is 56.7 Å². The zero-order valence-corrected chi connectivity index (χ0v) is 22.3. The third-order valence-corrected chi connectivity index (χ3v) is 13.6. The van der Waals surface area contributed by atoms with Crippen LogP contribution in [-0.4, -0.2) is 22.3 Å². The molecule has 3 heteroatoms. The third-order valence-electron chi connectivity index (χ3n) is 13.6. The van der Waals surface area contributed by atoms with Crippen molar-refractivity contribution in [2.75, 3.05) is 0 Å². The van der Waals surface area contributed by atoms with E-state index < -0.39 is 11.4 Å². The number of aliphatic hydroxyl groups excluding tert-OH is 1. The van der Waals surface area contributed by atoms with Crippen LogP contribution in [0.5, 0.6) is 0 Å². The number of rotatable bonds is 3. The van der Waals surface area contributed by atoms with Crippen molar-refractivity contribution in [3.05, 3.63) is 24.8 Å². The van der Waals surface area contributed by atoms with E-state index in [-0.39, 0.29) is 39.6 Å². The number of aliphatic carboxylic acids is 1. The van der Waals surface area contributed by atoms with Crippen molar-refractivity contribution < 1.29 is 15.0 Å². The van der Waals surface area contributed by atoms with E-state index in [0.29, 0.717) is 17.8 Å². The largest absolute Gasteiger partial charge is 0.481 e. The van der Waals surface area contributed by atoms with Gasteiger partial charge in [0.05, 0.1) is 11.5 Å². The Bertz CT molecular complexity index is 904. The molecule has 190 valence electrons. The van der Waals surface area contributed by atoms with Crippen LogP contribution in [0.1, 0.15) is 98.8 Å². The lowest BCUT2D eigenvalue weighted by atomic mass is 9.32. The fourth-order valence-electron chi connectivity index (χ4n) is 11.5. The van der Waals surface area contributed by atoms with Crippen LogP contribution in [0.2, 0.25) is 0 Å². The number of aliphatic hydroxyl groups is 1. The van der Waals surface area contributed by atoms with Crippen molar-refractivity contribution in [3.63, 3.8) is 0 Å². The molecule has 5 aliphatic rings. The van der Waals surface area contributed by atoms with Crippen LogP contribution in [0.3, 0.4) is 0 Å². The van der Waals surface area contributed by atoms with E-state index in [0.717, 1.165) is 50.5 Å². The number of carboxylic acid groups (broad SMARTS) is 1. The first-order valence-corrected chi connectivity index (χ1v) is 14.0. The van der Waals surface area contributed by atoms with Gasteiger partial charge in [0.2, 0.25) is 0 Å². The smallest absolute Gasteiger partial charge is 0.309 e. The highest BCUT2D eigenvalue weighted by Crippen LogP contribution is 2.77. The summed E-state index contributed by atoms with van der Waals surface area (Å²) in [5, 5.41) is 21.4. The van der Waals surface area contributed by atoms with E-state index >= 15 is 0 Å². The Labute approximate surface area is 207 Å². The normalized spacial score (nSPS) is 53.6. The lowest BCUT2D eigenvalue weighted by Crippen LogP contribution is -2.67. The molecule has 5 aliphatic carbocycles. The second-order valence-corrected chi connectivity index (χ2v) is 14.5. The van der Waals surface area contributed by atoms with Gasteiger partial charge in [-0.15, -0.1) is 0 Å². The fraction of sp³-hybridized carbons (Fsp3) is 0.839. The Hall–Kier alpha value is -1.09. The van der Waals surface area contributed by atoms with E-state index in [1.54, 1.807) is 0 Å². The van der Waals surface area contributed by atoms with E-state index in [9.17, 15) is 15.0 Å². The summed E-state index contributed by atoms with van der Waals surface area (Å²) < 4.78 is 0. The summed E-state index contributed by atoms with van der Waals surface area (Å²) in [7, 11) is 0. The lowest BCUT2D eigenvalue weighted by molar-refractivity contribution is -0.248. The Morgan fingerprint density at radius 1 is 0.853 bits per heavy atom. The van der Waals surface area contributed by atoms with Crippen LogP contribution in [0.25, 0.3) is 0 Å². The van der Waals surface area contributed by atoms with Crippen molar-refractivity contribution in [2.45, 2.75) is 105 Å². The molecule has 0 unspecified atom stereocenters. The first-order chi connectivity index (χ1) is 15.8. The van der Waals surface area contributed by atoms with Gasteiger partial charge in [-0.1, -0.05) is 59.4 Å². The van der Waals surface area contributed by atoms with Crippen LogP contribution in [-0.2, 0) is 4.79 Å². The molecule has 2 N–H and O–H groups in total.